The highest BCUT2D eigenvalue weighted by molar-refractivity contribution is 5.88. The van der Waals surface area contributed by atoms with Crippen molar-refractivity contribution >= 4 is 28.6 Å². The van der Waals surface area contributed by atoms with Crippen molar-refractivity contribution in [2.45, 2.75) is 6.92 Å². The quantitative estimate of drug-likeness (QED) is 0.744. The minimum absolute atomic E-state index is 0.810. The molecule has 3 aromatic rings. The SMILES string of the molecule is C/C=C/c1ccc(Nc2ncnc3[nH]ccc23)cc1. The summed E-state index contributed by atoms with van der Waals surface area (Å²) >= 11 is 0. The summed E-state index contributed by atoms with van der Waals surface area (Å²) in [7, 11) is 0. The van der Waals surface area contributed by atoms with Crippen LogP contribution >= 0.6 is 0 Å². The number of hydrogen-bond donors (Lipinski definition) is 2. The molecule has 4 heteroatoms. The van der Waals surface area contributed by atoms with Crippen molar-refractivity contribution in [1.29, 1.82) is 0 Å². The summed E-state index contributed by atoms with van der Waals surface area (Å²) < 4.78 is 0. The summed E-state index contributed by atoms with van der Waals surface area (Å²) in [5.74, 6) is 0.810. The molecule has 0 radical (unpaired) electrons. The van der Waals surface area contributed by atoms with Crippen LogP contribution in [0.4, 0.5) is 11.5 Å². The number of anilines is 2. The second-order valence-electron chi connectivity index (χ2n) is 4.21. The maximum atomic E-state index is 4.28. The van der Waals surface area contributed by atoms with Crippen molar-refractivity contribution in [3.8, 4) is 0 Å². The van der Waals surface area contributed by atoms with E-state index >= 15 is 0 Å². The molecule has 0 unspecified atom stereocenters. The fourth-order valence-electron chi connectivity index (χ4n) is 1.98. The first-order valence-electron chi connectivity index (χ1n) is 6.15. The second kappa shape index (κ2) is 4.94. The molecule has 0 spiro atoms. The van der Waals surface area contributed by atoms with E-state index in [1.807, 2.05) is 37.4 Å². The number of H-pyrrole nitrogens is 1. The Hall–Kier alpha value is -2.62. The van der Waals surface area contributed by atoms with Crippen LogP contribution in [0.15, 0.2) is 48.9 Å². The molecule has 0 saturated carbocycles. The zero-order valence-electron chi connectivity index (χ0n) is 10.6. The van der Waals surface area contributed by atoms with Crippen molar-refractivity contribution in [2.75, 3.05) is 5.32 Å². The number of aromatic nitrogens is 3. The van der Waals surface area contributed by atoms with Crippen LogP contribution in [0.5, 0.6) is 0 Å². The normalized spacial score (nSPS) is 11.2. The highest BCUT2D eigenvalue weighted by atomic mass is 15.0. The van der Waals surface area contributed by atoms with Gasteiger partial charge in [-0.15, -0.1) is 0 Å². The number of hydrogen-bond acceptors (Lipinski definition) is 3. The zero-order chi connectivity index (χ0) is 13.1. The number of fused-ring (bicyclic) bond motifs is 1. The third-order valence-corrected chi connectivity index (χ3v) is 2.89. The van der Waals surface area contributed by atoms with E-state index in [9.17, 15) is 0 Å². The molecule has 0 fully saturated rings. The van der Waals surface area contributed by atoms with E-state index in [-0.39, 0.29) is 0 Å². The molecule has 1 aromatic carbocycles. The Morgan fingerprint density at radius 1 is 1.11 bits per heavy atom. The van der Waals surface area contributed by atoms with Crippen molar-refractivity contribution in [2.24, 2.45) is 0 Å². The molecule has 0 amide bonds. The fourth-order valence-corrected chi connectivity index (χ4v) is 1.98. The smallest absolute Gasteiger partial charge is 0.143 e. The van der Waals surface area contributed by atoms with E-state index in [2.05, 4.69) is 38.5 Å². The van der Waals surface area contributed by atoms with Crippen LogP contribution in [0.25, 0.3) is 17.1 Å². The van der Waals surface area contributed by atoms with Gasteiger partial charge in [-0.1, -0.05) is 24.3 Å². The largest absolute Gasteiger partial charge is 0.346 e. The molecule has 2 N–H and O–H groups in total. The van der Waals surface area contributed by atoms with Gasteiger partial charge in [0.2, 0.25) is 0 Å². The summed E-state index contributed by atoms with van der Waals surface area (Å²) in [5, 5.41) is 4.29. The lowest BCUT2D eigenvalue weighted by Crippen LogP contribution is -1.94. The van der Waals surface area contributed by atoms with Crippen molar-refractivity contribution in [3.05, 3.63) is 54.5 Å². The van der Waals surface area contributed by atoms with Crippen molar-refractivity contribution in [3.63, 3.8) is 0 Å². The molecule has 0 aliphatic carbocycles. The van der Waals surface area contributed by atoms with Crippen LogP contribution in [0.2, 0.25) is 0 Å². The maximum Gasteiger partial charge on any atom is 0.143 e. The summed E-state index contributed by atoms with van der Waals surface area (Å²) in [6.45, 7) is 2.01. The second-order valence-corrected chi connectivity index (χ2v) is 4.21. The molecule has 0 saturated heterocycles. The summed E-state index contributed by atoms with van der Waals surface area (Å²) in [6, 6.07) is 10.2. The molecule has 2 heterocycles. The molecule has 4 nitrogen and oxygen atoms in total. The summed E-state index contributed by atoms with van der Waals surface area (Å²) in [4.78, 5) is 11.5. The Labute approximate surface area is 111 Å². The first-order chi connectivity index (χ1) is 9.36. The number of nitrogens with zero attached hydrogens (tertiary/aromatic N) is 2. The van der Waals surface area contributed by atoms with Gasteiger partial charge >= 0.3 is 0 Å². The summed E-state index contributed by atoms with van der Waals surface area (Å²) in [6.07, 6.45) is 7.50. The number of allylic oxidation sites excluding steroid dienone is 1. The summed E-state index contributed by atoms with van der Waals surface area (Å²) in [5.41, 5.74) is 3.03. The van der Waals surface area contributed by atoms with E-state index in [4.69, 9.17) is 0 Å². The van der Waals surface area contributed by atoms with Gasteiger partial charge in [-0.2, -0.15) is 0 Å². The van der Waals surface area contributed by atoms with E-state index < -0.39 is 0 Å². The lowest BCUT2D eigenvalue weighted by molar-refractivity contribution is 1.20. The first kappa shape index (κ1) is 11.5. The van der Waals surface area contributed by atoms with Gasteiger partial charge in [0.05, 0.1) is 5.39 Å². The molecule has 3 rings (SSSR count). The average Bonchev–Trinajstić information content (AvgIpc) is 2.91. The van der Waals surface area contributed by atoms with Gasteiger partial charge in [-0.05, 0) is 30.7 Å². The third kappa shape index (κ3) is 2.33. The van der Waals surface area contributed by atoms with Gasteiger partial charge in [-0.25, -0.2) is 9.97 Å². The molecular formula is C15H14N4. The van der Waals surface area contributed by atoms with Crippen LogP contribution in [-0.2, 0) is 0 Å². The van der Waals surface area contributed by atoms with Gasteiger partial charge < -0.3 is 10.3 Å². The minimum Gasteiger partial charge on any atom is -0.346 e. The number of rotatable bonds is 3. The predicted molar refractivity (Wildman–Crippen MR) is 78.3 cm³/mol. The molecule has 0 atom stereocenters. The number of nitrogens with one attached hydrogen (secondary N) is 2. The average molecular weight is 250 g/mol. The van der Waals surface area contributed by atoms with Crippen LogP contribution < -0.4 is 5.32 Å². The topological polar surface area (TPSA) is 53.6 Å². The fraction of sp³-hybridized carbons (Fsp3) is 0.0667. The zero-order valence-corrected chi connectivity index (χ0v) is 10.6. The molecular weight excluding hydrogens is 236 g/mol. The van der Waals surface area contributed by atoms with Gasteiger partial charge in [0.15, 0.2) is 0 Å². The van der Waals surface area contributed by atoms with E-state index in [0.29, 0.717) is 0 Å². The Morgan fingerprint density at radius 2 is 1.95 bits per heavy atom. The Kier molecular flexibility index (Phi) is 2.98. The van der Waals surface area contributed by atoms with Crippen molar-refractivity contribution in [1.82, 2.24) is 15.0 Å². The number of benzene rings is 1. The Balaban J connectivity index is 1.90. The molecule has 0 aliphatic rings. The highest BCUT2D eigenvalue weighted by Crippen LogP contribution is 2.22. The van der Waals surface area contributed by atoms with Crippen molar-refractivity contribution < 1.29 is 0 Å². The molecule has 2 aromatic heterocycles. The van der Waals surface area contributed by atoms with Gasteiger partial charge in [-0.3, -0.25) is 0 Å². The third-order valence-electron chi connectivity index (χ3n) is 2.89. The van der Waals surface area contributed by atoms with Crippen LogP contribution in [0, 0.1) is 0 Å². The lowest BCUT2D eigenvalue weighted by atomic mass is 10.2. The first-order valence-corrected chi connectivity index (χ1v) is 6.15. The standard InChI is InChI=1S/C15H14N4/c1-2-3-11-4-6-12(7-5-11)19-15-13-8-9-16-14(13)17-10-18-15/h2-10H,1H3,(H2,16,17,18,19)/b3-2+. The van der Waals surface area contributed by atoms with Crippen LogP contribution in [-0.4, -0.2) is 15.0 Å². The lowest BCUT2D eigenvalue weighted by Gasteiger charge is -2.06. The minimum atomic E-state index is 0.810. The van der Waals surface area contributed by atoms with E-state index in [0.717, 1.165) is 22.5 Å². The van der Waals surface area contributed by atoms with Crippen LogP contribution in [0.3, 0.4) is 0 Å². The molecule has 94 valence electrons. The monoisotopic (exact) mass is 250 g/mol. The predicted octanol–water partition coefficient (Wildman–Crippen LogP) is 3.73. The van der Waals surface area contributed by atoms with Gasteiger partial charge in [0.25, 0.3) is 0 Å². The van der Waals surface area contributed by atoms with E-state index in [1.165, 1.54) is 5.56 Å². The van der Waals surface area contributed by atoms with E-state index in [1.54, 1.807) is 6.33 Å². The molecule has 0 aliphatic heterocycles. The highest BCUT2D eigenvalue weighted by Gasteiger charge is 2.04. The molecule has 19 heavy (non-hydrogen) atoms. The maximum absolute atomic E-state index is 4.28. The number of aromatic amines is 1. The Bertz CT molecular complexity index is 710. The Morgan fingerprint density at radius 3 is 2.74 bits per heavy atom. The molecule has 0 bridgehead atoms. The van der Waals surface area contributed by atoms with Crippen LogP contribution in [0.1, 0.15) is 12.5 Å². The van der Waals surface area contributed by atoms with Gasteiger partial charge in [0.1, 0.15) is 17.8 Å². The van der Waals surface area contributed by atoms with Gasteiger partial charge in [0, 0.05) is 11.9 Å².